The first-order chi connectivity index (χ1) is 11.7. The van der Waals surface area contributed by atoms with Crippen LogP contribution in [0.4, 0.5) is 0 Å². The summed E-state index contributed by atoms with van der Waals surface area (Å²) in [6.07, 6.45) is 12.1. The van der Waals surface area contributed by atoms with Crippen LogP contribution in [-0.2, 0) is 4.74 Å². The standard InChI is InChI=1S/C20H30O4.H3N/c1-2-3-4-5-6-7-8-9-10-13-16-24-20(23)18-15-12-11-14-17(18)19(21)22;/h11-12,14-15H,2-10,13,16H2,1H3,(H,21,22);1H3. The molecule has 0 aliphatic heterocycles. The maximum atomic E-state index is 11.9. The number of carboxylic acids is 1. The smallest absolute Gasteiger partial charge is 0.338 e. The van der Waals surface area contributed by atoms with E-state index in [1.54, 1.807) is 12.1 Å². The lowest BCUT2D eigenvalue weighted by molar-refractivity contribution is -0.255. The predicted molar refractivity (Wildman–Crippen MR) is 98.9 cm³/mol. The zero-order valence-corrected chi connectivity index (χ0v) is 15.7. The molecule has 1 aromatic rings. The summed E-state index contributed by atoms with van der Waals surface area (Å²) in [4.78, 5) is 22.9. The molecule has 0 saturated heterocycles. The minimum absolute atomic E-state index is 0. The maximum Gasteiger partial charge on any atom is 0.338 e. The quantitative estimate of drug-likeness (QED) is 0.417. The molecule has 142 valence electrons. The molecule has 1 aromatic carbocycles. The molecule has 25 heavy (non-hydrogen) atoms. The van der Waals surface area contributed by atoms with Gasteiger partial charge in [-0.05, 0) is 12.5 Å². The van der Waals surface area contributed by atoms with Gasteiger partial charge in [-0.1, -0.05) is 82.9 Å². The summed E-state index contributed by atoms with van der Waals surface area (Å²) in [6, 6.07) is 5.98. The third-order valence-electron chi connectivity index (χ3n) is 4.10. The van der Waals surface area contributed by atoms with Crippen molar-refractivity contribution in [2.24, 2.45) is 0 Å². The molecule has 4 N–H and O–H groups in total. The van der Waals surface area contributed by atoms with Crippen molar-refractivity contribution < 1.29 is 19.4 Å². The maximum absolute atomic E-state index is 11.9. The van der Waals surface area contributed by atoms with Gasteiger partial charge in [0.05, 0.1) is 18.1 Å². The third kappa shape index (κ3) is 9.87. The van der Waals surface area contributed by atoms with Crippen LogP contribution in [0.2, 0.25) is 0 Å². The Labute approximate surface area is 151 Å². The van der Waals surface area contributed by atoms with Crippen LogP contribution in [0.3, 0.4) is 0 Å². The molecular formula is C20H33NO4. The summed E-state index contributed by atoms with van der Waals surface area (Å²) >= 11 is 0. The zero-order valence-electron chi connectivity index (χ0n) is 15.7. The molecule has 0 aliphatic carbocycles. The number of rotatable bonds is 13. The molecule has 0 atom stereocenters. The molecule has 0 heterocycles. The summed E-state index contributed by atoms with van der Waals surface area (Å²) < 4.78 is 5.16. The fraction of sp³-hybridized carbons (Fsp3) is 0.600. The van der Waals surface area contributed by atoms with Crippen LogP contribution >= 0.6 is 0 Å². The highest BCUT2D eigenvalue weighted by Crippen LogP contribution is 2.12. The third-order valence-corrected chi connectivity index (χ3v) is 4.10. The van der Waals surface area contributed by atoms with E-state index in [9.17, 15) is 14.7 Å². The van der Waals surface area contributed by atoms with E-state index in [2.05, 4.69) is 6.92 Å². The number of quaternary nitrogens is 1. The summed E-state index contributed by atoms with van der Waals surface area (Å²) in [7, 11) is 0. The molecule has 0 spiro atoms. The average Bonchev–Trinajstić information content (AvgIpc) is 2.59. The van der Waals surface area contributed by atoms with Crippen molar-refractivity contribution in [1.29, 1.82) is 0 Å². The zero-order chi connectivity index (χ0) is 17.6. The second-order valence-corrected chi connectivity index (χ2v) is 6.15. The fourth-order valence-electron chi connectivity index (χ4n) is 2.67. The molecule has 0 unspecified atom stereocenters. The van der Waals surface area contributed by atoms with Crippen LogP contribution in [0.5, 0.6) is 0 Å². The van der Waals surface area contributed by atoms with E-state index in [-0.39, 0.29) is 17.3 Å². The van der Waals surface area contributed by atoms with Crippen LogP contribution in [-0.4, -0.2) is 18.5 Å². The van der Waals surface area contributed by atoms with Gasteiger partial charge in [0.2, 0.25) is 0 Å². The van der Waals surface area contributed by atoms with Gasteiger partial charge in [0.1, 0.15) is 0 Å². The second-order valence-electron chi connectivity index (χ2n) is 6.15. The minimum atomic E-state index is -1.36. The number of ether oxygens (including phenoxy) is 1. The van der Waals surface area contributed by atoms with E-state index in [1.165, 1.54) is 57.1 Å². The van der Waals surface area contributed by atoms with Crippen molar-refractivity contribution in [3.8, 4) is 0 Å². The summed E-state index contributed by atoms with van der Waals surface area (Å²) in [6.45, 7) is 2.56. The Morgan fingerprint density at radius 3 is 1.84 bits per heavy atom. The highest BCUT2D eigenvalue weighted by molar-refractivity contribution is 6.01. The number of carbonyl (C=O) groups is 2. The van der Waals surface area contributed by atoms with Gasteiger partial charge in [0.25, 0.3) is 0 Å². The molecule has 0 saturated carbocycles. The van der Waals surface area contributed by atoms with E-state index in [4.69, 9.17) is 4.74 Å². The highest BCUT2D eigenvalue weighted by Gasteiger charge is 2.12. The van der Waals surface area contributed by atoms with Crippen LogP contribution in [0, 0.1) is 0 Å². The molecule has 0 amide bonds. The summed E-state index contributed by atoms with van der Waals surface area (Å²) in [5.74, 6) is -1.95. The molecule has 0 fully saturated rings. The number of carbonyl (C=O) groups excluding carboxylic acids is 2. The van der Waals surface area contributed by atoms with Gasteiger partial charge in [0.15, 0.2) is 0 Å². The first-order valence-corrected chi connectivity index (χ1v) is 9.14. The van der Waals surface area contributed by atoms with Crippen molar-refractivity contribution in [2.45, 2.75) is 71.1 Å². The topological polar surface area (TPSA) is 103 Å². The average molecular weight is 351 g/mol. The molecule has 0 bridgehead atoms. The molecule has 0 aromatic heterocycles. The van der Waals surface area contributed by atoms with Gasteiger partial charge in [-0.25, -0.2) is 4.79 Å². The van der Waals surface area contributed by atoms with Gasteiger partial charge in [-0.3, -0.25) is 0 Å². The number of carboxylic acid groups (broad SMARTS) is 1. The molecule has 5 nitrogen and oxygen atoms in total. The van der Waals surface area contributed by atoms with Crippen molar-refractivity contribution in [3.63, 3.8) is 0 Å². The highest BCUT2D eigenvalue weighted by atomic mass is 16.5. The molecule has 5 heteroatoms. The largest absolute Gasteiger partial charge is 0.545 e. The minimum Gasteiger partial charge on any atom is -0.545 e. The van der Waals surface area contributed by atoms with E-state index < -0.39 is 11.9 Å². The van der Waals surface area contributed by atoms with E-state index in [1.807, 2.05) is 0 Å². The normalized spacial score (nSPS) is 10.1. The van der Waals surface area contributed by atoms with E-state index in [0.29, 0.717) is 6.61 Å². The van der Waals surface area contributed by atoms with Gasteiger partial charge < -0.3 is 20.8 Å². The lowest BCUT2D eigenvalue weighted by Crippen LogP contribution is -2.25. The Morgan fingerprint density at radius 1 is 0.840 bits per heavy atom. The first kappa shape index (κ1) is 23.1. The van der Waals surface area contributed by atoms with Crippen LogP contribution in [0.25, 0.3) is 0 Å². The number of hydrogen-bond acceptors (Lipinski definition) is 4. The second kappa shape index (κ2) is 14.5. The number of esters is 1. The van der Waals surface area contributed by atoms with Crippen molar-refractivity contribution in [2.75, 3.05) is 6.61 Å². The first-order valence-electron chi connectivity index (χ1n) is 9.14. The van der Waals surface area contributed by atoms with Crippen LogP contribution in [0.1, 0.15) is 91.8 Å². The monoisotopic (exact) mass is 351 g/mol. The lowest BCUT2D eigenvalue weighted by Gasteiger charge is -2.10. The van der Waals surface area contributed by atoms with Crippen LogP contribution < -0.4 is 11.3 Å². The Morgan fingerprint density at radius 2 is 1.32 bits per heavy atom. The number of hydrogen-bond donors (Lipinski definition) is 1. The van der Waals surface area contributed by atoms with Crippen molar-refractivity contribution >= 4 is 11.9 Å². The molecular weight excluding hydrogens is 318 g/mol. The molecule has 1 rings (SSSR count). The molecule has 0 aliphatic rings. The summed E-state index contributed by atoms with van der Waals surface area (Å²) in [5.41, 5.74) is -0.0600. The van der Waals surface area contributed by atoms with Crippen molar-refractivity contribution in [3.05, 3.63) is 35.4 Å². The van der Waals surface area contributed by atoms with Crippen LogP contribution in [0.15, 0.2) is 24.3 Å². The Kier molecular flexibility index (Phi) is 13.4. The van der Waals surface area contributed by atoms with Gasteiger partial charge in [0, 0.05) is 5.56 Å². The predicted octanol–water partition coefficient (Wildman–Crippen LogP) is 4.50. The summed E-state index contributed by atoms with van der Waals surface area (Å²) in [5, 5.41) is 11.0. The number of benzene rings is 1. The Hall–Kier alpha value is -1.88. The lowest BCUT2D eigenvalue weighted by atomic mass is 10.1. The number of aromatic carboxylic acids is 1. The van der Waals surface area contributed by atoms with Gasteiger partial charge in [-0.2, -0.15) is 0 Å². The van der Waals surface area contributed by atoms with Gasteiger partial charge in [-0.15, -0.1) is 0 Å². The van der Waals surface area contributed by atoms with E-state index in [0.717, 1.165) is 19.3 Å². The Bertz CT molecular complexity index is 502. The van der Waals surface area contributed by atoms with E-state index >= 15 is 0 Å². The van der Waals surface area contributed by atoms with Crippen molar-refractivity contribution in [1.82, 2.24) is 6.15 Å². The number of unbranched alkanes of at least 4 members (excludes halogenated alkanes) is 9. The molecule has 0 radical (unpaired) electrons. The Balaban J connectivity index is 0.00000576. The van der Waals surface area contributed by atoms with Gasteiger partial charge >= 0.3 is 5.97 Å². The fourth-order valence-corrected chi connectivity index (χ4v) is 2.67. The SMILES string of the molecule is CCCCCCCCCCCCOC(=O)c1ccccc1C(=O)[O-].[NH4+].